The number of carboxylic acids is 1. The minimum atomic E-state index is -1.10. The Morgan fingerprint density at radius 3 is 2.64 bits per heavy atom. The van der Waals surface area contributed by atoms with Crippen molar-refractivity contribution < 1.29 is 19.1 Å². The highest BCUT2D eigenvalue weighted by molar-refractivity contribution is 9.10. The Bertz CT molecular complexity index is 888. The Labute approximate surface area is 161 Å². The molecule has 1 N–H and O–H groups in total. The summed E-state index contributed by atoms with van der Waals surface area (Å²) in [6.45, 7) is 1.43. The van der Waals surface area contributed by atoms with E-state index in [-0.39, 0.29) is 4.32 Å². The maximum atomic E-state index is 12.4. The lowest BCUT2D eigenvalue weighted by molar-refractivity contribution is -0.144. The lowest BCUT2D eigenvalue weighted by Gasteiger charge is -2.18. The van der Waals surface area contributed by atoms with Gasteiger partial charge in [-0.1, -0.05) is 52.0 Å². The van der Waals surface area contributed by atoms with E-state index in [0.29, 0.717) is 16.4 Å². The summed E-state index contributed by atoms with van der Waals surface area (Å²) < 4.78 is 6.96. The summed E-state index contributed by atoms with van der Waals surface area (Å²) in [5.41, 5.74) is 0.912. The van der Waals surface area contributed by atoms with Crippen molar-refractivity contribution in [2.24, 2.45) is 0 Å². The zero-order chi connectivity index (χ0) is 18.1. The molecule has 0 saturated carbocycles. The molecule has 1 aliphatic rings. The second-order valence-corrected chi connectivity index (χ2v) is 7.87. The monoisotopic (exact) mass is 437 g/mol. The topological polar surface area (TPSA) is 70.8 Å². The van der Waals surface area contributed by atoms with Crippen LogP contribution in [-0.4, -0.2) is 32.2 Å². The van der Waals surface area contributed by atoms with Gasteiger partial charge in [-0.2, -0.15) is 0 Å². The third kappa shape index (κ3) is 3.70. The number of halogens is 1. The van der Waals surface area contributed by atoms with Crippen LogP contribution in [0.15, 0.2) is 50.2 Å². The number of aliphatic carboxylic acids is 1. The van der Waals surface area contributed by atoms with Crippen molar-refractivity contribution in [3.63, 3.8) is 0 Å². The van der Waals surface area contributed by atoms with Crippen molar-refractivity contribution >= 4 is 62.2 Å². The summed E-state index contributed by atoms with van der Waals surface area (Å²) in [4.78, 5) is 25.0. The molecule has 0 bridgehead atoms. The van der Waals surface area contributed by atoms with E-state index in [2.05, 4.69) is 15.9 Å². The molecule has 1 fully saturated rings. The molecule has 0 spiro atoms. The highest BCUT2D eigenvalue weighted by Gasteiger charge is 2.38. The van der Waals surface area contributed by atoms with E-state index in [1.54, 1.807) is 12.1 Å². The average molecular weight is 438 g/mol. The molecular formula is C17H12BrNO4S2. The van der Waals surface area contributed by atoms with Crippen molar-refractivity contribution in [1.82, 2.24) is 4.90 Å². The van der Waals surface area contributed by atoms with Crippen molar-refractivity contribution in [2.75, 3.05) is 0 Å². The second kappa shape index (κ2) is 7.15. The molecule has 25 heavy (non-hydrogen) atoms. The summed E-state index contributed by atoms with van der Waals surface area (Å²) in [6, 6.07) is 10.2. The van der Waals surface area contributed by atoms with Gasteiger partial charge in [0, 0.05) is 16.1 Å². The van der Waals surface area contributed by atoms with Crippen LogP contribution in [0.3, 0.4) is 0 Å². The molecule has 2 aromatic rings. The fraction of sp³-hybridized carbons (Fsp3) is 0.118. The molecule has 8 heteroatoms. The summed E-state index contributed by atoms with van der Waals surface area (Å²) in [5, 5.41) is 9.10. The van der Waals surface area contributed by atoms with Crippen LogP contribution < -0.4 is 0 Å². The molecule has 3 rings (SSSR count). The maximum absolute atomic E-state index is 12.4. The number of amides is 1. The van der Waals surface area contributed by atoms with E-state index in [4.69, 9.17) is 21.7 Å². The predicted molar refractivity (Wildman–Crippen MR) is 104 cm³/mol. The first-order chi connectivity index (χ1) is 11.9. The number of thiocarbonyl (C=S) groups is 1. The summed E-state index contributed by atoms with van der Waals surface area (Å²) >= 11 is 9.58. The van der Waals surface area contributed by atoms with Gasteiger partial charge in [0.25, 0.3) is 5.91 Å². The van der Waals surface area contributed by atoms with E-state index < -0.39 is 17.9 Å². The van der Waals surface area contributed by atoms with Crippen LogP contribution in [0.25, 0.3) is 17.4 Å². The number of hydrogen-bond donors (Lipinski definition) is 1. The lowest BCUT2D eigenvalue weighted by Crippen LogP contribution is -2.41. The predicted octanol–water partition coefficient (Wildman–Crippen LogP) is 4.38. The van der Waals surface area contributed by atoms with Crippen molar-refractivity contribution in [3.05, 3.63) is 51.5 Å². The maximum Gasteiger partial charge on any atom is 0.326 e. The van der Waals surface area contributed by atoms with Crippen LogP contribution in [0.4, 0.5) is 0 Å². The number of nitrogens with zero attached hydrogens (tertiary/aromatic N) is 1. The molecule has 1 atom stereocenters. The Morgan fingerprint density at radius 2 is 2.00 bits per heavy atom. The normalized spacial score (nSPS) is 17.4. The van der Waals surface area contributed by atoms with Gasteiger partial charge in [-0.25, -0.2) is 4.79 Å². The van der Waals surface area contributed by atoms with Crippen LogP contribution in [0.1, 0.15) is 12.7 Å². The van der Waals surface area contributed by atoms with Crippen LogP contribution in [0, 0.1) is 0 Å². The highest BCUT2D eigenvalue weighted by atomic mass is 79.9. The van der Waals surface area contributed by atoms with Gasteiger partial charge in [0.15, 0.2) is 0 Å². The Kier molecular flexibility index (Phi) is 5.12. The Hall–Kier alpha value is -1.90. The van der Waals surface area contributed by atoms with Crippen molar-refractivity contribution in [3.8, 4) is 11.3 Å². The first-order valence-corrected chi connectivity index (χ1v) is 9.24. The minimum absolute atomic E-state index is 0.228. The zero-order valence-corrected chi connectivity index (χ0v) is 16.2. The molecule has 5 nitrogen and oxygen atoms in total. The lowest BCUT2D eigenvalue weighted by atomic mass is 10.2. The van der Waals surface area contributed by atoms with Gasteiger partial charge >= 0.3 is 5.97 Å². The standard InChI is InChI=1S/C17H12BrNO4S2/c1-9(16(21)22)19-15(20)14(25-17(19)24)8-12-6-7-13(23-12)10-2-4-11(18)5-3-10/h2-9H,1H3,(H,21,22)/b14-8+/t9-/m1/s1. The van der Waals surface area contributed by atoms with E-state index in [1.807, 2.05) is 30.3 Å². The summed E-state index contributed by atoms with van der Waals surface area (Å²) in [7, 11) is 0. The minimum Gasteiger partial charge on any atom is -0.480 e. The number of carbonyl (C=O) groups excluding carboxylic acids is 1. The van der Waals surface area contributed by atoms with Gasteiger partial charge in [0.05, 0.1) is 4.91 Å². The molecule has 0 unspecified atom stereocenters. The quantitative estimate of drug-likeness (QED) is 0.564. The van der Waals surface area contributed by atoms with Crippen molar-refractivity contribution in [1.29, 1.82) is 0 Å². The number of rotatable bonds is 4. The molecule has 1 aromatic heterocycles. The molecule has 0 radical (unpaired) electrons. The third-order valence-electron chi connectivity index (χ3n) is 3.60. The first kappa shape index (κ1) is 17.9. The van der Waals surface area contributed by atoms with Gasteiger partial charge in [0.1, 0.15) is 21.9 Å². The molecular weight excluding hydrogens is 426 g/mol. The van der Waals surface area contributed by atoms with E-state index >= 15 is 0 Å². The van der Waals surface area contributed by atoms with Crippen molar-refractivity contribution in [2.45, 2.75) is 13.0 Å². The molecule has 1 amide bonds. The molecule has 1 aromatic carbocycles. The van der Waals surface area contributed by atoms with E-state index in [1.165, 1.54) is 6.92 Å². The largest absolute Gasteiger partial charge is 0.480 e. The van der Waals surface area contributed by atoms with E-state index in [9.17, 15) is 9.59 Å². The molecule has 128 valence electrons. The van der Waals surface area contributed by atoms with Crippen LogP contribution in [0.2, 0.25) is 0 Å². The van der Waals surface area contributed by atoms with Gasteiger partial charge in [-0.05, 0) is 31.2 Å². The number of hydrogen-bond acceptors (Lipinski definition) is 5. The molecule has 1 aliphatic heterocycles. The SMILES string of the molecule is C[C@H](C(=O)O)N1C(=O)/C(=C\c2ccc(-c3ccc(Br)cc3)o2)SC1=S. The summed E-state index contributed by atoms with van der Waals surface area (Å²) in [6.07, 6.45) is 1.58. The number of benzene rings is 1. The number of furan rings is 1. The van der Waals surface area contributed by atoms with Gasteiger partial charge in [-0.15, -0.1) is 0 Å². The smallest absolute Gasteiger partial charge is 0.326 e. The van der Waals surface area contributed by atoms with E-state index in [0.717, 1.165) is 26.7 Å². The Balaban J connectivity index is 1.84. The van der Waals surface area contributed by atoms with Gasteiger partial charge in [-0.3, -0.25) is 9.69 Å². The molecule has 1 saturated heterocycles. The zero-order valence-electron chi connectivity index (χ0n) is 12.9. The summed E-state index contributed by atoms with van der Waals surface area (Å²) in [5.74, 6) is -0.353. The fourth-order valence-corrected chi connectivity index (χ4v) is 3.92. The molecule has 0 aliphatic carbocycles. The van der Waals surface area contributed by atoms with Gasteiger partial charge < -0.3 is 9.52 Å². The molecule has 2 heterocycles. The second-order valence-electron chi connectivity index (χ2n) is 5.27. The number of thioether (sulfide) groups is 1. The Morgan fingerprint density at radius 1 is 1.32 bits per heavy atom. The highest BCUT2D eigenvalue weighted by Crippen LogP contribution is 2.35. The van der Waals surface area contributed by atoms with Crippen LogP contribution >= 0.6 is 39.9 Å². The fourth-order valence-electron chi connectivity index (χ4n) is 2.25. The number of carbonyl (C=O) groups is 2. The average Bonchev–Trinajstić information content (AvgIpc) is 3.13. The van der Waals surface area contributed by atoms with Gasteiger partial charge in [0.2, 0.25) is 0 Å². The first-order valence-electron chi connectivity index (χ1n) is 7.22. The van der Waals surface area contributed by atoms with Crippen LogP contribution in [-0.2, 0) is 9.59 Å². The third-order valence-corrected chi connectivity index (χ3v) is 5.46. The number of carboxylic acid groups (broad SMARTS) is 1. The van der Waals surface area contributed by atoms with Crippen LogP contribution in [0.5, 0.6) is 0 Å².